The number of amides is 1. The monoisotopic (exact) mass is 465 g/mol. The van der Waals surface area contributed by atoms with Gasteiger partial charge in [-0.15, -0.1) is 0 Å². The Morgan fingerprint density at radius 2 is 1.84 bits per heavy atom. The van der Waals surface area contributed by atoms with E-state index in [1.807, 2.05) is 24.3 Å². The van der Waals surface area contributed by atoms with Crippen LogP contribution in [-0.4, -0.2) is 72.3 Å². The number of hydrogen-bond acceptors (Lipinski definition) is 5. The highest BCUT2D eigenvalue weighted by Gasteiger charge is 2.30. The van der Waals surface area contributed by atoms with Crippen LogP contribution in [0.5, 0.6) is 0 Å². The first-order valence-electron chi connectivity index (χ1n) is 10.6. The van der Waals surface area contributed by atoms with E-state index >= 15 is 0 Å². The SMILES string of the molecule is CC1CCN(S(=O)(=O)c2cn(CC(=O)N3CCN(c4cccc(Cl)c4)CC3)cn2)CC1. The van der Waals surface area contributed by atoms with E-state index in [4.69, 9.17) is 11.6 Å². The molecule has 0 radical (unpaired) electrons. The van der Waals surface area contributed by atoms with Gasteiger partial charge in [0.05, 0.1) is 6.33 Å². The Bertz CT molecular complexity index is 1030. The van der Waals surface area contributed by atoms with E-state index in [-0.39, 0.29) is 17.5 Å². The predicted molar refractivity (Wildman–Crippen MR) is 120 cm³/mol. The predicted octanol–water partition coefficient (Wildman–Crippen LogP) is 2.31. The van der Waals surface area contributed by atoms with Gasteiger partial charge in [0.15, 0.2) is 5.03 Å². The third-order valence-electron chi connectivity index (χ3n) is 6.08. The van der Waals surface area contributed by atoms with Gasteiger partial charge in [-0.1, -0.05) is 24.6 Å². The molecule has 0 aliphatic carbocycles. The third-order valence-corrected chi connectivity index (χ3v) is 8.10. The summed E-state index contributed by atoms with van der Waals surface area (Å²) in [5, 5.41) is 0.710. The number of piperazine rings is 1. The molecule has 2 aromatic rings. The van der Waals surface area contributed by atoms with Crippen LogP contribution in [0.4, 0.5) is 5.69 Å². The fourth-order valence-corrected chi connectivity index (χ4v) is 5.65. The minimum absolute atomic E-state index is 0.0145. The molecule has 2 saturated heterocycles. The van der Waals surface area contributed by atoms with Gasteiger partial charge in [0.1, 0.15) is 6.54 Å². The second-order valence-electron chi connectivity index (χ2n) is 8.32. The zero-order chi connectivity index (χ0) is 22.0. The molecule has 2 fully saturated rings. The molecule has 1 amide bonds. The average Bonchev–Trinajstić information content (AvgIpc) is 3.23. The largest absolute Gasteiger partial charge is 0.368 e. The second-order valence-corrected chi connectivity index (χ2v) is 10.6. The molecule has 2 aliphatic rings. The molecule has 31 heavy (non-hydrogen) atoms. The lowest BCUT2D eigenvalue weighted by atomic mass is 10.0. The Kier molecular flexibility index (Phi) is 6.55. The van der Waals surface area contributed by atoms with Crippen LogP contribution in [0.25, 0.3) is 0 Å². The molecule has 0 spiro atoms. The first kappa shape index (κ1) is 22.1. The smallest absolute Gasteiger partial charge is 0.262 e. The summed E-state index contributed by atoms with van der Waals surface area (Å²) < 4.78 is 28.7. The van der Waals surface area contributed by atoms with Crippen molar-refractivity contribution in [3.63, 3.8) is 0 Å². The highest BCUT2D eigenvalue weighted by atomic mass is 35.5. The van der Waals surface area contributed by atoms with Gasteiger partial charge >= 0.3 is 0 Å². The second kappa shape index (κ2) is 9.18. The van der Waals surface area contributed by atoms with Crippen molar-refractivity contribution in [3.05, 3.63) is 41.8 Å². The number of rotatable bonds is 5. The van der Waals surface area contributed by atoms with E-state index in [1.165, 1.54) is 16.8 Å². The van der Waals surface area contributed by atoms with Gasteiger partial charge in [-0.3, -0.25) is 4.79 Å². The summed E-state index contributed by atoms with van der Waals surface area (Å²) in [6, 6.07) is 7.70. The van der Waals surface area contributed by atoms with E-state index < -0.39 is 10.0 Å². The van der Waals surface area contributed by atoms with Crippen molar-refractivity contribution in [3.8, 4) is 0 Å². The zero-order valence-corrected chi connectivity index (χ0v) is 19.2. The van der Waals surface area contributed by atoms with Gasteiger partial charge in [-0.25, -0.2) is 13.4 Å². The molecule has 4 rings (SSSR count). The van der Waals surface area contributed by atoms with Crippen LogP contribution in [0.15, 0.2) is 41.8 Å². The van der Waals surface area contributed by atoms with Crippen molar-refractivity contribution >= 4 is 33.2 Å². The molecular weight excluding hydrogens is 438 g/mol. The lowest BCUT2D eigenvalue weighted by Crippen LogP contribution is -2.49. The van der Waals surface area contributed by atoms with E-state index in [1.54, 1.807) is 9.47 Å². The number of carbonyl (C=O) groups is 1. The summed E-state index contributed by atoms with van der Waals surface area (Å²) in [6.45, 7) is 5.93. The zero-order valence-electron chi connectivity index (χ0n) is 17.7. The molecule has 1 aromatic heterocycles. The van der Waals surface area contributed by atoms with Gasteiger partial charge in [0.25, 0.3) is 10.0 Å². The summed E-state index contributed by atoms with van der Waals surface area (Å²) >= 11 is 6.08. The maximum Gasteiger partial charge on any atom is 0.262 e. The number of carbonyl (C=O) groups excluding carboxylic acids is 1. The Labute approximate surface area is 188 Å². The number of nitrogens with zero attached hydrogens (tertiary/aromatic N) is 5. The number of sulfonamides is 1. The number of anilines is 1. The van der Waals surface area contributed by atoms with Crippen LogP contribution in [0.1, 0.15) is 19.8 Å². The lowest BCUT2D eigenvalue weighted by Gasteiger charge is -2.36. The van der Waals surface area contributed by atoms with Gasteiger partial charge in [-0.2, -0.15) is 4.31 Å². The fourth-order valence-electron chi connectivity index (χ4n) is 4.06. The molecule has 0 atom stereocenters. The molecule has 2 aliphatic heterocycles. The molecule has 0 N–H and O–H groups in total. The molecule has 3 heterocycles. The van der Waals surface area contributed by atoms with Gasteiger partial charge in [0, 0.05) is 56.2 Å². The van der Waals surface area contributed by atoms with Gasteiger partial charge < -0.3 is 14.4 Å². The van der Waals surface area contributed by atoms with E-state index in [2.05, 4.69) is 16.8 Å². The van der Waals surface area contributed by atoms with Crippen molar-refractivity contribution in [2.75, 3.05) is 44.2 Å². The molecule has 0 saturated carbocycles. The fraction of sp³-hybridized carbons (Fsp3) is 0.524. The molecular formula is C21H28ClN5O3S. The molecule has 1 aromatic carbocycles. The summed E-state index contributed by atoms with van der Waals surface area (Å²) in [4.78, 5) is 20.8. The Hall–Kier alpha value is -2.10. The van der Waals surface area contributed by atoms with Crippen LogP contribution in [-0.2, 0) is 21.4 Å². The highest BCUT2D eigenvalue weighted by Crippen LogP contribution is 2.23. The van der Waals surface area contributed by atoms with Crippen LogP contribution in [0, 0.1) is 5.92 Å². The van der Waals surface area contributed by atoms with Crippen molar-refractivity contribution in [2.24, 2.45) is 5.92 Å². The number of aromatic nitrogens is 2. The maximum atomic E-state index is 12.8. The van der Waals surface area contributed by atoms with Crippen LogP contribution in [0.2, 0.25) is 5.02 Å². The van der Waals surface area contributed by atoms with Crippen LogP contribution >= 0.6 is 11.6 Å². The first-order valence-corrected chi connectivity index (χ1v) is 12.4. The number of hydrogen-bond donors (Lipinski definition) is 0. The minimum atomic E-state index is -3.61. The molecule has 0 unspecified atom stereocenters. The summed E-state index contributed by atoms with van der Waals surface area (Å²) in [5.41, 5.74) is 1.05. The first-order chi connectivity index (χ1) is 14.8. The Balaban J connectivity index is 1.33. The Morgan fingerprint density at radius 3 is 2.52 bits per heavy atom. The topological polar surface area (TPSA) is 78.8 Å². The number of halogens is 1. The number of imidazole rings is 1. The highest BCUT2D eigenvalue weighted by molar-refractivity contribution is 7.89. The Morgan fingerprint density at radius 1 is 1.13 bits per heavy atom. The molecule has 168 valence electrons. The minimum Gasteiger partial charge on any atom is -0.368 e. The maximum absolute atomic E-state index is 12.8. The standard InChI is InChI=1S/C21H28ClN5O3S/c1-17-5-7-27(8-6-17)31(29,30)20-14-24(16-23-20)15-21(28)26-11-9-25(10-12-26)19-4-2-3-18(22)13-19/h2-4,13-14,16-17H,5-12,15H2,1H3. The average molecular weight is 466 g/mol. The molecule has 8 nitrogen and oxygen atoms in total. The van der Waals surface area contributed by atoms with Crippen molar-refractivity contribution in [2.45, 2.75) is 31.3 Å². The normalized spacial score (nSPS) is 19.0. The van der Waals surface area contributed by atoms with Gasteiger partial charge in [0.2, 0.25) is 5.91 Å². The van der Waals surface area contributed by atoms with E-state index in [0.717, 1.165) is 31.6 Å². The number of benzene rings is 1. The molecule has 0 bridgehead atoms. The van der Waals surface area contributed by atoms with Crippen molar-refractivity contribution in [1.29, 1.82) is 0 Å². The van der Waals surface area contributed by atoms with Crippen molar-refractivity contribution < 1.29 is 13.2 Å². The van der Waals surface area contributed by atoms with E-state index in [9.17, 15) is 13.2 Å². The third kappa shape index (κ3) is 5.05. The summed E-state index contributed by atoms with van der Waals surface area (Å²) in [7, 11) is -3.61. The van der Waals surface area contributed by atoms with Crippen molar-refractivity contribution in [1.82, 2.24) is 18.8 Å². The van der Waals surface area contributed by atoms with Gasteiger partial charge in [-0.05, 0) is 37.0 Å². The quantitative estimate of drug-likeness (QED) is 0.677. The number of piperidine rings is 1. The van der Waals surface area contributed by atoms with E-state index in [0.29, 0.717) is 37.1 Å². The molecule has 10 heteroatoms. The summed E-state index contributed by atoms with van der Waals surface area (Å²) in [6.07, 6.45) is 4.62. The lowest BCUT2D eigenvalue weighted by molar-refractivity contribution is -0.132. The van der Waals surface area contributed by atoms with Crippen LogP contribution in [0.3, 0.4) is 0 Å². The summed E-state index contributed by atoms with van der Waals surface area (Å²) in [5.74, 6) is 0.500. The van der Waals surface area contributed by atoms with Crippen LogP contribution < -0.4 is 4.90 Å².